The highest BCUT2D eigenvalue weighted by atomic mass is 35.5. The maximum atomic E-state index is 12.4. The number of ether oxygens (including phenoxy) is 2. The van der Waals surface area contributed by atoms with Crippen molar-refractivity contribution >= 4 is 17.7 Å². The van der Waals surface area contributed by atoms with E-state index in [1.807, 2.05) is 20.8 Å². The van der Waals surface area contributed by atoms with Gasteiger partial charge in [-0.2, -0.15) is 5.10 Å². The lowest BCUT2D eigenvalue weighted by atomic mass is 10.1. The molecule has 150 valence electrons. The molecule has 2 heterocycles. The largest absolute Gasteiger partial charge is 0.496 e. The van der Waals surface area contributed by atoms with Gasteiger partial charge < -0.3 is 14.4 Å². The quantitative estimate of drug-likeness (QED) is 0.777. The Morgan fingerprint density at radius 1 is 1.25 bits per heavy atom. The van der Waals surface area contributed by atoms with Crippen LogP contribution in [0.4, 0.5) is 4.79 Å². The number of halogens is 1. The molecule has 1 aromatic heterocycles. The summed E-state index contributed by atoms with van der Waals surface area (Å²) >= 11 is 6.03. The summed E-state index contributed by atoms with van der Waals surface area (Å²) in [6.45, 7) is 6.37. The molecule has 0 saturated carbocycles. The van der Waals surface area contributed by atoms with Crippen molar-refractivity contribution in [3.8, 4) is 17.0 Å². The number of nitrogens with zero attached hydrogens (tertiary/aromatic N) is 3. The first-order valence-electron chi connectivity index (χ1n) is 9.09. The first-order chi connectivity index (χ1) is 13.2. The molecule has 1 fully saturated rings. The number of hydrogen-bond donors (Lipinski definition) is 0. The predicted molar refractivity (Wildman–Crippen MR) is 107 cm³/mol. The maximum absolute atomic E-state index is 12.4. The standard InChI is InChI=1S/C20H24ClN3O4/c1-20(2,3)28-19(26)23-10-9-14(12-23)24-18(25)8-7-16(22-24)15-6-5-13(21)11-17(15)27-4/h5-8,11,14H,9-10,12H2,1-4H3. The zero-order valence-electron chi connectivity index (χ0n) is 16.4. The van der Waals surface area contributed by atoms with E-state index in [1.54, 1.807) is 36.3 Å². The highest BCUT2D eigenvalue weighted by Gasteiger charge is 2.31. The third kappa shape index (κ3) is 4.47. The van der Waals surface area contributed by atoms with Crippen LogP contribution in [0.3, 0.4) is 0 Å². The first-order valence-corrected chi connectivity index (χ1v) is 9.47. The Labute approximate surface area is 168 Å². The molecule has 3 rings (SSSR count). The summed E-state index contributed by atoms with van der Waals surface area (Å²) in [4.78, 5) is 26.3. The zero-order chi connectivity index (χ0) is 20.5. The summed E-state index contributed by atoms with van der Waals surface area (Å²) < 4.78 is 12.2. The van der Waals surface area contributed by atoms with Gasteiger partial charge in [-0.3, -0.25) is 4.79 Å². The molecule has 0 spiro atoms. The van der Waals surface area contributed by atoms with Gasteiger partial charge in [0.05, 0.1) is 18.8 Å². The summed E-state index contributed by atoms with van der Waals surface area (Å²) in [7, 11) is 1.56. The normalized spacial score (nSPS) is 16.9. The van der Waals surface area contributed by atoms with Crippen molar-refractivity contribution in [1.29, 1.82) is 0 Å². The van der Waals surface area contributed by atoms with Crippen LogP contribution in [0.5, 0.6) is 5.75 Å². The Hall–Kier alpha value is -2.54. The summed E-state index contributed by atoms with van der Waals surface area (Å²) in [6.07, 6.45) is 0.256. The van der Waals surface area contributed by atoms with Crippen LogP contribution in [0, 0.1) is 0 Å². The third-order valence-electron chi connectivity index (χ3n) is 4.43. The number of aromatic nitrogens is 2. The second kappa shape index (κ2) is 7.83. The molecule has 1 saturated heterocycles. The van der Waals surface area contributed by atoms with E-state index in [2.05, 4.69) is 5.10 Å². The average Bonchev–Trinajstić information content (AvgIpc) is 3.11. The van der Waals surface area contributed by atoms with Crippen molar-refractivity contribution in [3.05, 3.63) is 45.7 Å². The number of hydrogen-bond acceptors (Lipinski definition) is 5. The molecule has 2 aromatic rings. The Bertz CT molecular complexity index is 936. The molecular weight excluding hydrogens is 382 g/mol. The van der Waals surface area contributed by atoms with Crippen molar-refractivity contribution in [1.82, 2.24) is 14.7 Å². The highest BCUT2D eigenvalue weighted by Crippen LogP contribution is 2.31. The number of rotatable bonds is 3. The van der Waals surface area contributed by atoms with Gasteiger partial charge >= 0.3 is 6.09 Å². The molecule has 0 bridgehead atoms. The summed E-state index contributed by atoms with van der Waals surface area (Å²) in [5.41, 5.74) is 0.564. The molecule has 1 aliphatic heterocycles. The van der Waals surface area contributed by atoms with E-state index in [1.165, 1.54) is 10.7 Å². The number of methoxy groups -OCH3 is 1. The van der Waals surface area contributed by atoms with E-state index >= 15 is 0 Å². The Morgan fingerprint density at radius 3 is 2.68 bits per heavy atom. The van der Waals surface area contributed by atoms with Crippen molar-refractivity contribution in [2.75, 3.05) is 20.2 Å². The van der Waals surface area contributed by atoms with Gasteiger partial charge in [0.1, 0.15) is 11.4 Å². The molecule has 8 heteroatoms. The fraction of sp³-hybridized carbons (Fsp3) is 0.450. The first kappa shape index (κ1) is 20.2. The van der Waals surface area contributed by atoms with Crippen molar-refractivity contribution in [2.24, 2.45) is 0 Å². The van der Waals surface area contributed by atoms with Crippen LogP contribution < -0.4 is 10.3 Å². The molecule has 1 atom stereocenters. The third-order valence-corrected chi connectivity index (χ3v) is 4.66. The maximum Gasteiger partial charge on any atom is 0.410 e. The minimum absolute atomic E-state index is 0.210. The van der Waals surface area contributed by atoms with Gasteiger partial charge in [0.2, 0.25) is 0 Å². The summed E-state index contributed by atoms with van der Waals surface area (Å²) in [5, 5.41) is 5.09. The van der Waals surface area contributed by atoms with E-state index in [9.17, 15) is 9.59 Å². The van der Waals surface area contributed by atoms with Gasteiger partial charge in [-0.1, -0.05) is 11.6 Å². The molecule has 1 unspecified atom stereocenters. The Morgan fingerprint density at radius 2 is 2.00 bits per heavy atom. The summed E-state index contributed by atoms with van der Waals surface area (Å²) in [5.74, 6) is 0.576. The van der Waals surface area contributed by atoms with Crippen LogP contribution in [0.25, 0.3) is 11.3 Å². The molecule has 7 nitrogen and oxygen atoms in total. The lowest BCUT2D eigenvalue weighted by Crippen LogP contribution is -2.36. The predicted octanol–water partition coefficient (Wildman–Crippen LogP) is 3.75. The second-order valence-corrected chi connectivity index (χ2v) is 8.15. The van der Waals surface area contributed by atoms with Gasteiger partial charge in [0.15, 0.2) is 0 Å². The second-order valence-electron chi connectivity index (χ2n) is 7.71. The fourth-order valence-corrected chi connectivity index (χ4v) is 3.30. The molecule has 1 aliphatic rings. The Balaban J connectivity index is 1.86. The Kier molecular flexibility index (Phi) is 5.65. The minimum atomic E-state index is -0.560. The number of carbonyl (C=O) groups is 1. The lowest BCUT2D eigenvalue weighted by Gasteiger charge is -2.24. The molecule has 1 aromatic carbocycles. The lowest BCUT2D eigenvalue weighted by molar-refractivity contribution is 0.0288. The van der Waals surface area contributed by atoms with Gasteiger partial charge in [-0.15, -0.1) is 0 Å². The molecule has 0 aliphatic carbocycles. The molecular formula is C20H24ClN3O4. The smallest absolute Gasteiger partial charge is 0.410 e. The number of carbonyl (C=O) groups excluding carboxylic acids is 1. The van der Waals surface area contributed by atoms with Crippen molar-refractivity contribution < 1.29 is 14.3 Å². The molecule has 1 amide bonds. The van der Waals surface area contributed by atoms with Crippen molar-refractivity contribution in [3.63, 3.8) is 0 Å². The van der Waals surface area contributed by atoms with Crippen LogP contribution in [0.1, 0.15) is 33.2 Å². The zero-order valence-corrected chi connectivity index (χ0v) is 17.2. The van der Waals surface area contributed by atoms with E-state index in [4.69, 9.17) is 21.1 Å². The van der Waals surface area contributed by atoms with Gasteiger partial charge in [0, 0.05) is 29.7 Å². The van der Waals surface area contributed by atoms with E-state index < -0.39 is 5.60 Å². The monoisotopic (exact) mass is 405 g/mol. The van der Waals surface area contributed by atoms with E-state index in [0.29, 0.717) is 36.0 Å². The minimum Gasteiger partial charge on any atom is -0.496 e. The van der Waals surface area contributed by atoms with Crippen LogP contribution in [0.2, 0.25) is 5.02 Å². The van der Waals surface area contributed by atoms with Crippen LogP contribution in [-0.4, -0.2) is 46.6 Å². The number of likely N-dealkylation sites (tertiary alicyclic amines) is 1. The van der Waals surface area contributed by atoms with Gasteiger partial charge in [0.25, 0.3) is 5.56 Å². The molecule has 0 N–H and O–H groups in total. The SMILES string of the molecule is COc1cc(Cl)ccc1-c1ccc(=O)n(C2CCN(C(=O)OC(C)(C)C)C2)n1. The summed E-state index contributed by atoms with van der Waals surface area (Å²) in [6, 6.07) is 8.18. The molecule has 0 radical (unpaired) electrons. The topological polar surface area (TPSA) is 73.7 Å². The van der Waals surface area contributed by atoms with Gasteiger partial charge in [-0.05, 0) is 51.5 Å². The average molecular weight is 406 g/mol. The van der Waals surface area contributed by atoms with Crippen LogP contribution in [-0.2, 0) is 4.74 Å². The van der Waals surface area contributed by atoms with Crippen LogP contribution >= 0.6 is 11.6 Å². The van der Waals surface area contributed by atoms with E-state index in [0.717, 1.165) is 5.56 Å². The van der Waals surface area contributed by atoms with Crippen LogP contribution in [0.15, 0.2) is 35.1 Å². The number of benzene rings is 1. The number of amides is 1. The van der Waals surface area contributed by atoms with E-state index in [-0.39, 0.29) is 17.7 Å². The highest BCUT2D eigenvalue weighted by molar-refractivity contribution is 6.30. The van der Waals surface area contributed by atoms with Gasteiger partial charge in [-0.25, -0.2) is 9.48 Å². The van der Waals surface area contributed by atoms with Crippen molar-refractivity contribution in [2.45, 2.75) is 38.8 Å². The molecule has 28 heavy (non-hydrogen) atoms. The fourth-order valence-electron chi connectivity index (χ4n) is 3.14.